The number of aryl methyl sites for hydroxylation is 1. The largest absolute Gasteiger partial charge is 0.441 e. The van der Waals surface area contributed by atoms with Crippen molar-refractivity contribution in [1.82, 2.24) is 4.98 Å². The fourth-order valence-corrected chi connectivity index (χ4v) is 1.95. The standard InChI is InChI=1S/C14H18N2O3/c1-8(2)11(7-17)14(18)16-10-4-5-13-12(6-10)15-9(3)19-13/h4-6,8,11,17H,7H2,1-3H3,(H,16,18). The van der Waals surface area contributed by atoms with Crippen molar-refractivity contribution in [3.8, 4) is 0 Å². The van der Waals surface area contributed by atoms with Crippen LogP contribution >= 0.6 is 0 Å². The highest BCUT2D eigenvalue weighted by Gasteiger charge is 2.21. The first-order valence-corrected chi connectivity index (χ1v) is 6.30. The Balaban J connectivity index is 2.18. The van der Waals surface area contributed by atoms with E-state index >= 15 is 0 Å². The van der Waals surface area contributed by atoms with Crippen LogP contribution < -0.4 is 5.32 Å². The van der Waals surface area contributed by atoms with E-state index in [0.717, 1.165) is 0 Å². The van der Waals surface area contributed by atoms with Crippen molar-refractivity contribution in [2.45, 2.75) is 20.8 Å². The number of oxazole rings is 1. The van der Waals surface area contributed by atoms with Gasteiger partial charge in [-0.3, -0.25) is 4.79 Å². The van der Waals surface area contributed by atoms with Crippen molar-refractivity contribution in [3.63, 3.8) is 0 Å². The number of hydrogen-bond donors (Lipinski definition) is 2. The number of aliphatic hydroxyl groups excluding tert-OH is 1. The van der Waals surface area contributed by atoms with Gasteiger partial charge >= 0.3 is 0 Å². The van der Waals surface area contributed by atoms with E-state index in [9.17, 15) is 9.90 Å². The lowest BCUT2D eigenvalue weighted by molar-refractivity contribution is -0.122. The number of rotatable bonds is 4. The number of amides is 1. The first-order chi connectivity index (χ1) is 9.01. The van der Waals surface area contributed by atoms with Crippen LogP contribution in [0.5, 0.6) is 0 Å². The lowest BCUT2D eigenvalue weighted by Gasteiger charge is -2.17. The molecule has 0 saturated carbocycles. The Morgan fingerprint density at radius 3 is 2.84 bits per heavy atom. The molecule has 0 radical (unpaired) electrons. The Bertz CT molecular complexity index is 589. The minimum atomic E-state index is -0.408. The molecular formula is C14H18N2O3. The van der Waals surface area contributed by atoms with E-state index in [4.69, 9.17) is 4.42 Å². The highest BCUT2D eigenvalue weighted by molar-refractivity contribution is 5.94. The van der Waals surface area contributed by atoms with Gasteiger partial charge in [0.05, 0.1) is 12.5 Å². The molecule has 0 aliphatic heterocycles. The quantitative estimate of drug-likeness (QED) is 0.886. The van der Waals surface area contributed by atoms with Crippen LogP contribution in [-0.4, -0.2) is 22.6 Å². The lowest BCUT2D eigenvalue weighted by atomic mass is 9.96. The van der Waals surface area contributed by atoms with Gasteiger partial charge in [-0.25, -0.2) is 4.98 Å². The third kappa shape index (κ3) is 2.93. The maximum atomic E-state index is 12.0. The molecule has 0 bridgehead atoms. The van der Waals surface area contributed by atoms with Crippen molar-refractivity contribution < 1.29 is 14.3 Å². The fourth-order valence-electron chi connectivity index (χ4n) is 1.95. The van der Waals surface area contributed by atoms with Gasteiger partial charge in [-0.1, -0.05) is 13.8 Å². The Labute approximate surface area is 111 Å². The number of benzene rings is 1. The van der Waals surface area contributed by atoms with Gasteiger partial charge in [0.2, 0.25) is 5.91 Å². The summed E-state index contributed by atoms with van der Waals surface area (Å²) < 4.78 is 5.37. The molecule has 1 aromatic carbocycles. The summed E-state index contributed by atoms with van der Waals surface area (Å²) in [6.07, 6.45) is 0. The summed E-state index contributed by atoms with van der Waals surface area (Å²) in [5.41, 5.74) is 2.06. The number of nitrogens with zero attached hydrogens (tertiary/aromatic N) is 1. The Morgan fingerprint density at radius 2 is 2.21 bits per heavy atom. The smallest absolute Gasteiger partial charge is 0.230 e. The lowest BCUT2D eigenvalue weighted by Crippen LogP contribution is -2.29. The Hall–Kier alpha value is -1.88. The highest BCUT2D eigenvalue weighted by atomic mass is 16.3. The van der Waals surface area contributed by atoms with Crippen molar-refractivity contribution >= 4 is 22.7 Å². The first-order valence-electron chi connectivity index (χ1n) is 6.30. The Morgan fingerprint density at radius 1 is 1.47 bits per heavy atom. The molecule has 1 amide bonds. The number of aromatic nitrogens is 1. The van der Waals surface area contributed by atoms with Crippen molar-refractivity contribution in [3.05, 3.63) is 24.1 Å². The van der Waals surface area contributed by atoms with Crippen LogP contribution in [0.4, 0.5) is 5.69 Å². The van der Waals surface area contributed by atoms with Gasteiger partial charge in [0.15, 0.2) is 11.5 Å². The van der Waals surface area contributed by atoms with E-state index in [1.165, 1.54) is 0 Å². The van der Waals surface area contributed by atoms with E-state index in [0.29, 0.717) is 22.7 Å². The molecule has 19 heavy (non-hydrogen) atoms. The van der Waals surface area contributed by atoms with Gasteiger partial charge in [0.25, 0.3) is 0 Å². The summed E-state index contributed by atoms with van der Waals surface area (Å²) in [6, 6.07) is 5.30. The molecular weight excluding hydrogens is 244 g/mol. The molecule has 0 aliphatic rings. The second kappa shape index (κ2) is 5.40. The molecule has 0 aliphatic carbocycles. The maximum absolute atomic E-state index is 12.0. The summed E-state index contributed by atoms with van der Waals surface area (Å²) in [5.74, 6) is 0.0868. The summed E-state index contributed by atoms with van der Waals surface area (Å²) in [5, 5.41) is 12.0. The molecule has 2 N–H and O–H groups in total. The zero-order chi connectivity index (χ0) is 14.0. The monoisotopic (exact) mass is 262 g/mol. The van der Waals surface area contributed by atoms with Gasteiger partial charge in [0, 0.05) is 12.6 Å². The van der Waals surface area contributed by atoms with Crippen LogP contribution in [-0.2, 0) is 4.79 Å². The molecule has 0 saturated heterocycles. The van der Waals surface area contributed by atoms with Crippen LogP contribution in [0.25, 0.3) is 11.1 Å². The van der Waals surface area contributed by atoms with E-state index in [1.807, 2.05) is 13.8 Å². The van der Waals surface area contributed by atoms with E-state index in [2.05, 4.69) is 10.3 Å². The van der Waals surface area contributed by atoms with Crippen molar-refractivity contribution in [2.75, 3.05) is 11.9 Å². The number of nitrogens with one attached hydrogen (secondary N) is 1. The van der Waals surface area contributed by atoms with E-state index in [1.54, 1.807) is 25.1 Å². The average molecular weight is 262 g/mol. The van der Waals surface area contributed by atoms with Gasteiger partial charge < -0.3 is 14.8 Å². The van der Waals surface area contributed by atoms with E-state index in [-0.39, 0.29) is 18.4 Å². The molecule has 1 unspecified atom stereocenters. The number of aliphatic hydroxyl groups is 1. The fraction of sp³-hybridized carbons (Fsp3) is 0.429. The topological polar surface area (TPSA) is 75.4 Å². The van der Waals surface area contributed by atoms with Crippen LogP contribution in [0.2, 0.25) is 0 Å². The summed E-state index contributed by atoms with van der Waals surface area (Å²) in [7, 11) is 0. The van der Waals surface area contributed by atoms with Gasteiger partial charge in [-0.15, -0.1) is 0 Å². The Kier molecular flexibility index (Phi) is 3.85. The molecule has 0 spiro atoms. The predicted octanol–water partition coefficient (Wildman–Crippen LogP) is 2.34. The molecule has 2 rings (SSSR count). The summed E-state index contributed by atoms with van der Waals surface area (Å²) in [6.45, 7) is 5.43. The van der Waals surface area contributed by atoms with Gasteiger partial charge in [0.1, 0.15) is 5.52 Å². The second-order valence-electron chi connectivity index (χ2n) is 4.94. The molecule has 1 heterocycles. The summed E-state index contributed by atoms with van der Waals surface area (Å²) in [4.78, 5) is 16.2. The van der Waals surface area contributed by atoms with Crippen molar-refractivity contribution in [1.29, 1.82) is 0 Å². The minimum absolute atomic E-state index is 0.0861. The third-order valence-electron chi connectivity index (χ3n) is 3.10. The molecule has 2 aromatic rings. The van der Waals surface area contributed by atoms with Crippen molar-refractivity contribution in [2.24, 2.45) is 11.8 Å². The number of fused-ring (bicyclic) bond motifs is 1. The first kappa shape index (κ1) is 13.5. The van der Waals surface area contributed by atoms with Crippen LogP contribution in [0.1, 0.15) is 19.7 Å². The number of carbonyl (C=O) groups is 1. The van der Waals surface area contributed by atoms with Gasteiger partial charge in [-0.2, -0.15) is 0 Å². The normalized spacial score (nSPS) is 12.9. The summed E-state index contributed by atoms with van der Waals surface area (Å²) >= 11 is 0. The molecule has 102 valence electrons. The molecule has 1 aromatic heterocycles. The molecule has 5 heteroatoms. The second-order valence-corrected chi connectivity index (χ2v) is 4.94. The van der Waals surface area contributed by atoms with Crippen LogP contribution in [0.15, 0.2) is 22.6 Å². The molecule has 5 nitrogen and oxygen atoms in total. The maximum Gasteiger partial charge on any atom is 0.230 e. The predicted molar refractivity (Wildman–Crippen MR) is 72.8 cm³/mol. The number of hydrogen-bond acceptors (Lipinski definition) is 4. The zero-order valence-corrected chi connectivity index (χ0v) is 11.3. The van der Waals surface area contributed by atoms with E-state index < -0.39 is 5.92 Å². The minimum Gasteiger partial charge on any atom is -0.441 e. The molecule has 1 atom stereocenters. The highest BCUT2D eigenvalue weighted by Crippen LogP contribution is 2.21. The van der Waals surface area contributed by atoms with Gasteiger partial charge in [-0.05, 0) is 24.1 Å². The third-order valence-corrected chi connectivity index (χ3v) is 3.10. The molecule has 0 fully saturated rings. The SMILES string of the molecule is Cc1nc2cc(NC(=O)C(CO)C(C)C)ccc2o1. The van der Waals surface area contributed by atoms with Crippen LogP contribution in [0, 0.1) is 18.8 Å². The average Bonchev–Trinajstić information content (AvgIpc) is 2.68. The zero-order valence-electron chi connectivity index (χ0n) is 11.3. The number of anilines is 1. The number of carbonyl (C=O) groups excluding carboxylic acids is 1. The van der Waals surface area contributed by atoms with Crippen LogP contribution in [0.3, 0.4) is 0 Å².